The average Bonchev–Trinajstić information content (AvgIpc) is 2.28. The molecule has 0 saturated carbocycles. The number of hydrogen-bond donors (Lipinski definition) is 1. The monoisotopic (exact) mass is 212 g/mol. The average molecular weight is 212 g/mol. The summed E-state index contributed by atoms with van der Waals surface area (Å²) in [5, 5.41) is 9.20. The van der Waals surface area contributed by atoms with Gasteiger partial charge in [-0.2, -0.15) is 0 Å². The molecule has 2 atom stereocenters. The zero-order valence-corrected chi connectivity index (χ0v) is 8.61. The Balaban J connectivity index is 2.94. The summed E-state index contributed by atoms with van der Waals surface area (Å²) in [5.74, 6) is -0.794. The lowest BCUT2D eigenvalue weighted by Gasteiger charge is -2.23. The minimum atomic E-state index is -2.43. The summed E-state index contributed by atoms with van der Waals surface area (Å²) in [6.07, 6.45) is -1.76. The fourth-order valence-corrected chi connectivity index (χ4v) is 1.21. The van der Waals surface area contributed by atoms with Crippen molar-refractivity contribution in [1.29, 1.82) is 0 Å². The van der Waals surface area contributed by atoms with Crippen LogP contribution < -0.4 is 0 Å². The second kappa shape index (κ2) is 4.51. The maximum atomic E-state index is 13.8. The van der Waals surface area contributed by atoms with Crippen molar-refractivity contribution in [1.82, 2.24) is 0 Å². The molecule has 0 amide bonds. The van der Waals surface area contributed by atoms with E-state index < -0.39 is 17.7 Å². The number of ketones is 1. The number of Topliss-reactive ketones (excluding diaryl/α,β-unsaturated/α-hetero) is 1. The van der Waals surface area contributed by atoms with Gasteiger partial charge in [0.2, 0.25) is 11.5 Å². The number of ether oxygens (including phenoxy) is 1. The quantitative estimate of drug-likeness (QED) is 0.608. The van der Waals surface area contributed by atoms with Crippen molar-refractivity contribution in [2.45, 2.75) is 18.9 Å². The number of benzene rings is 1. The van der Waals surface area contributed by atoms with E-state index in [0.29, 0.717) is 0 Å². The lowest BCUT2D eigenvalue weighted by Crippen LogP contribution is -2.43. The maximum absolute atomic E-state index is 13.8. The van der Waals surface area contributed by atoms with Crippen LogP contribution in [0, 0.1) is 0 Å². The van der Waals surface area contributed by atoms with Crippen molar-refractivity contribution in [3.63, 3.8) is 0 Å². The third-order valence-electron chi connectivity index (χ3n) is 2.17. The van der Waals surface area contributed by atoms with Crippen LogP contribution in [0.5, 0.6) is 0 Å². The number of halogens is 1. The van der Waals surface area contributed by atoms with Gasteiger partial charge in [-0.15, -0.1) is 0 Å². The topological polar surface area (TPSA) is 46.5 Å². The van der Waals surface area contributed by atoms with Crippen LogP contribution in [0.3, 0.4) is 0 Å². The molecular formula is C11H13FO3. The molecule has 3 nitrogen and oxygen atoms in total. The molecule has 0 aromatic heterocycles. The van der Waals surface area contributed by atoms with Crippen LogP contribution in [0.25, 0.3) is 0 Å². The number of aliphatic hydroxyl groups excluding tert-OH is 1. The van der Waals surface area contributed by atoms with Crippen molar-refractivity contribution < 1.29 is 19.0 Å². The van der Waals surface area contributed by atoms with Crippen LogP contribution >= 0.6 is 0 Å². The molecular weight excluding hydrogens is 199 g/mol. The number of carbonyl (C=O) groups is 1. The SMILES string of the molecule is CO[C@H](O)[C@](C)(F)C(=O)c1ccccc1. The van der Waals surface area contributed by atoms with Gasteiger partial charge >= 0.3 is 0 Å². The molecule has 0 heterocycles. The molecule has 1 aromatic carbocycles. The maximum Gasteiger partial charge on any atom is 0.220 e. The van der Waals surface area contributed by atoms with Crippen LogP contribution in [0.4, 0.5) is 4.39 Å². The van der Waals surface area contributed by atoms with Crippen LogP contribution in [-0.2, 0) is 4.74 Å². The number of rotatable bonds is 4. The molecule has 0 fully saturated rings. The van der Waals surface area contributed by atoms with Gasteiger partial charge in [0.05, 0.1) is 0 Å². The lowest BCUT2D eigenvalue weighted by atomic mass is 9.96. The summed E-state index contributed by atoms with van der Waals surface area (Å²) in [7, 11) is 1.14. The van der Waals surface area contributed by atoms with Gasteiger partial charge in [-0.05, 0) is 6.92 Å². The number of carbonyl (C=O) groups excluding carboxylic acids is 1. The zero-order valence-electron chi connectivity index (χ0n) is 8.61. The van der Waals surface area contributed by atoms with Gasteiger partial charge in [0.1, 0.15) is 0 Å². The van der Waals surface area contributed by atoms with E-state index in [0.717, 1.165) is 14.0 Å². The standard InChI is InChI=1S/C11H13FO3/c1-11(12,10(14)15-2)9(13)8-6-4-3-5-7-8/h3-7,10,14H,1-2H3/t10-,11+/m0/s1. The first kappa shape index (κ1) is 11.8. The first-order valence-electron chi connectivity index (χ1n) is 4.49. The number of hydrogen-bond acceptors (Lipinski definition) is 3. The third-order valence-corrected chi connectivity index (χ3v) is 2.17. The zero-order chi connectivity index (χ0) is 11.5. The van der Waals surface area contributed by atoms with Crippen molar-refractivity contribution >= 4 is 5.78 Å². The van der Waals surface area contributed by atoms with Gasteiger partial charge < -0.3 is 9.84 Å². The third kappa shape index (κ3) is 2.40. The summed E-state index contributed by atoms with van der Waals surface area (Å²) in [6.45, 7) is 0.997. The molecule has 0 bridgehead atoms. The minimum Gasteiger partial charge on any atom is -0.365 e. The van der Waals surface area contributed by atoms with Crippen molar-refractivity contribution in [3.8, 4) is 0 Å². The van der Waals surface area contributed by atoms with Crippen molar-refractivity contribution in [2.75, 3.05) is 7.11 Å². The Morgan fingerprint density at radius 3 is 2.47 bits per heavy atom. The fraction of sp³-hybridized carbons (Fsp3) is 0.364. The van der Waals surface area contributed by atoms with Gasteiger partial charge in [0.15, 0.2) is 6.29 Å². The van der Waals surface area contributed by atoms with E-state index in [1.807, 2.05) is 0 Å². The van der Waals surface area contributed by atoms with Crippen molar-refractivity contribution in [2.24, 2.45) is 0 Å². The predicted octanol–water partition coefficient (Wildman–Crippen LogP) is 1.56. The highest BCUT2D eigenvalue weighted by atomic mass is 19.1. The Morgan fingerprint density at radius 1 is 1.47 bits per heavy atom. The van der Waals surface area contributed by atoms with Gasteiger partial charge in [-0.25, -0.2) is 4.39 Å². The van der Waals surface area contributed by atoms with Crippen LogP contribution in [0.1, 0.15) is 17.3 Å². The summed E-state index contributed by atoms with van der Waals surface area (Å²) in [5.41, 5.74) is -2.23. The summed E-state index contributed by atoms with van der Waals surface area (Å²) >= 11 is 0. The molecule has 0 saturated heterocycles. The Kier molecular flexibility index (Phi) is 3.55. The Hall–Kier alpha value is -1.26. The predicted molar refractivity (Wildman–Crippen MR) is 53.3 cm³/mol. The molecule has 0 radical (unpaired) electrons. The van der Waals surface area contributed by atoms with E-state index in [9.17, 15) is 14.3 Å². The van der Waals surface area contributed by atoms with E-state index in [2.05, 4.69) is 4.74 Å². The van der Waals surface area contributed by atoms with E-state index in [4.69, 9.17) is 0 Å². The van der Waals surface area contributed by atoms with Gasteiger partial charge in [-0.3, -0.25) is 4.79 Å². The number of aliphatic hydroxyl groups is 1. The first-order chi connectivity index (χ1) is 7.00. The highest BCUT2D eigenvalue weighted by Gasteiger charge is 2.41. The van der Waals surface area contributed by atoms with Crippen LogP contribution in [0.15, 0.2) is 30.3 Å². The fourth-order valence-electron chi connectivity index (χ4n) is 1.21. The Labute approximate surface area is 87.5 Å². The highest BCUT2D eigenvalue weighted by Crippen LogP contribution is 2.22. The van der Waals surface area contributed by atoms with E-state index in [-0.39, 0.29) is 5.56 Å². The van der Waals surface area contributed by atoms with E-state index >= 15 is 0 Å². The molecule has 0 aliphatic heterocycles. The Morgan fingerprint density at radius 2 is 2.00 bits per heavy atom. The molecule has 82 valence electrons. The summed E-state index contributed by atoms with van der Waals surface area (Å²) in [4.78, 5) is 11.7. The summed E-state index contributed by atoms with van der Waals surface area (Å²) in [6, 6.07) is 7.95. The molecule has 0 aliphatic rings. The molecule has 1 rings (SSSR count). The molecule has 1 aromatic rings. The second-order valence-electron chi connectivity index (χ2n) is 3.36. The number of methoxy groups -OCH3 is 1. The molecule has 0 spiro atoms. The summed E-state index contributed by atoms with van der Waals surface area (Å²) < 4.78 is 18.3. The molecule has 4 heteroatoms. The normalized spacial score (nSPS) is 16.8. The van der Waals surface area contributed by atoms with Crippen molar-refractivity contribution in [3.05, 3.63) is 35.9 Å². The van der Waals surface area contributed by atoms with E-state index in [1.165, 1.54) is 12.1 Å². The number of alkyl halides is 1. The Bertz CT molecular complexity index is 335. The molecule has 0 aliphatic carbocycles. The smallest absolute Gasteiger partial charge is 0.220 e. The second-order valence-corrected chi connectivity index (χ2v) is 3.36. The molecule has 0 unspecified atom stereocenters. The van der Waals surface area contributed by atoms with E-state index in [1.54, 1.807) is 18.2 Å². The lowest BCUT2D eigenvalue weighted by molar-refractivity contribution is -0.143. The largest absolute Gasteiger partial charge is 0.365 e. The van der Waals surface area contributed by atoms with Crippen LogP contribution in [-0.4, -0.2) is 30.0 Å². The highest BCUT2D eigenvalue weighted by molar-refractivity contribution is 6.02. The molecule has 15 heavy (non-hydrogen) atoms. The minimum absolute atomic E-state index is 0.207. The van der Waals surface area contributed by atoms with Gasteiger partial charge in [0, 0.05) is 12.7 Å². The van der Waals surface area contributed by atoms with Gasteiger partial charge in [-0.1, -0.05) is 30.3 Å². The molecule has 1 N–H and O–H groups in total. The van der Waals surface area contributed by atoms with Crippen LogP contribution in [0.2, 0.25) is 0 Å². The first-order valence-corrected chi connectivity index (χ1v) is 4.49. The van der Waals surface area contributed by atoms with Gasteiger partial charge in [0.25, 0.3) is 0 Å².